The smallest absolute Gasteiger partial charge is 0.129 e. The topological polar surface area (TPSA) is 70.5 Å². The first-order chi connectivity index (χ1) is 13.4. The van der Waals surface area contributed by atoms with Crippen LogP contribution in [0.2, 0.25) is 0 Å². The highest BCUT2D eigenvalue weighted by Gasteiger charge is 2.05. The fourth-order valence-electron chi connectivity index (χ4n) is 3.27. The maximum atomic E-state index is 6.00. The highest BCUT2D eigenvalue weighted by atomic mass is 16.5. The van der Waals surface area contributed by atoms with Crippen LogP contribution in [0.3, 0.4) is 0 Å². The molecule has 0 saturated heterocycles. The van der Waals surface area contributed by atoms with Crippen molar-refractivity contribution in [3.63, 3.8) is 0 Å². The van der Waals surface area contributed by atoms with Crippen LogP contribution in [0.5, 0.6) is 23.0 Å². The van der Waals surface area contributed by atoms with Gasteiger partial charge in [0, 0.05) is 23.5 Å². The molecule has 0 aromatic heterocycles. The Kier molecular flexibility index (Phi) is 4.53. The first-order valence-electron chi connectivity index (χ1n) is 9.08. The van der Waals surface area contributed by atoms with Crippen LogP contribution in [-0.2, 0) is 0 Å². The average molecular weight is 370 g/mol. The third-order valence-corrected chi connectivity index (χ3v) is 4.40. The lowest BCUT2D eigenvalue weighted by atomic mass is 10.1. The van der Waals surface area contributed by atoms with Crippen molar-refractivity contribution in [2.24, 2.45) is 0 Å². The van der Waals surface area contributed by atoms with Crippen molar-refractivity contribution in [2.45, 2.75) is 13.8 Å². The fraction of sp³-hybridized carbons (Fsp3) is 0.0833. The Bertz CT molecular complexity index is 1040. The first kappa shape index (κ1) is 17.7. The van der Waals surface area contributed by atoms with E-state index >= 15 is 0 Å². The summed E-state index contributed by atoms with van der Waals surface area (Å²) in [6, 6.07) is 23.3. The van der Waals surface area contributed by atoms with E-state index in [-0.39, 0.29) is 0 Å². The molecule has 0 aliphatic heterocycles. The number of nitrogen functional groups attached to an aromatic ring is 2. The number of anilines is 2. The Morgan fingerprint density at radius 3 is 1.39 bits per heavy atom. The molecule has 4 aromatic rings. The van der Waals surface area contributed by atoms with Gasteiger partial charge >= 0.3 is 0 Å². The lowest BCUT2D eigenvalue weighted by Crippen LogP contribution is -1.91. The standard InChI is InChI=1S/C24H22N2O2/c1-15-7-19(25)13-23(9-15)27-21-5-3-17-4-6-22(12-18(17)11-21)28-24-10-16(2)8-20(26)14-24/h3-14H,25-26H2,1-2H3. The van der Waals surface area contributed by atoms with E-state index in [1.165, 1.54) is 0 Å². The molecule has 140 valence electrons. The van der Waals surface area contributed by atoms with Crippen LogP contribution in [0.25, 0.3) is 10.8 Å². The zero-order chi connectivity index (χ0) is 19.7. The molecule has 0 heterocycles. The number of fused-ring (bicyclic) bond motifs is 1. The number of ether oxygens (including phenoxy) is 2. The number of aryl methyl sites for hydroxylation is 2. The van der Waals surface area contributed by atoms with Crippen LogP contribution in [0.4, 0.5) is 11.4 Å². The van der Waals surface area contributed by atoms with Crippen LogP contribution in [0.1, 0.15) is 11.1 Å². The molecule has 0 aliphatic rings. The van der Waals surface area contributed by atoms with Gasteiger partial charge in [0.25, 0.3) is 0 Å². The second kappa shape index (κ2) is 7.16. The summed E-state index contributed by atoms with van der Waals surface area (Å²) in [5.41, 5.74) is 15.3. The van der Waals surface area contributed by atoms with Gasteiger partial charge in [0.05, 0.1) is 0 Å². The second-order valence-corrected chi connectivity index (χ2v) is 7.03. The number of hydrogen-bond acceptors (Lipinski definition) is 4. The molecule has 0 atom stereocenters. The van der Waals surface area contributed by atoms with Gasteiger partial charge in [0.2, 0.25) is 0 Å². The molecule has 4 aromatic carbocycles. The summed E-state index contributed by atoms with van der Waals surface area (Å²) in [5, 5.41) is 2.13. The van der Waals surface area contributed by atoms with Crippen molar-refractivity contribution < 1.29 is 9.47 Å². The third-order valence-electron chi connectivity index (χ3n) is 4.40. The van der Waals surface area contributed by atoms with E-state index in [1.807, 2.05) is 86.6 Å². The molecule has 0 amide bonds. The lowest BCUT2D eigenvalue weighted by Gasteiger charge is -2.11. The first-order valence-corrected chi connectivity index (χ1v) is 9.08. The van der Waals surface area contributed by atoms with Gasteiger partial charge in [-0.15, -0.1) is 0 Å². The predicted octanol–water partition coefficient (Wildman–Crippen LogP) is 6.21. The fourth-order valence-corrected chi connectivity index (χ4v) is 3.27. The summed E-state index contributed by atoms with van der Waals surface area (Å²) < 4.78 is 12.0. The van der Waals surface area contributed by atoms with E-state index in [1.54, 1.807) is 0 Å². The minimum absolute atomic E-state index is 0.684. The largest absolute Gasteiger partial charge is 0.457 e. The van der Waals surface area contributed by atoms with Gasteiger partial charge in [0.1, 0.15) is 23.0 Å². The number of benzene rings is 4. The van der Waals surface area contributed by atoms with E-state index in [9.17, 15) is 0 Å². The van der Waals surface area contributed by atoms with E-state index in [4.69, 9.17) is 20.9 Å². The quantitative estimate of drug-likeness (QED) is 0.419. The maximum Gasteiger partial charge on any atom is 0.129 e. The van der Waals surface area contributed by atoms with Gasteiger partial charge in [-0.05, 0) is 84.3 Å². The average Bonchev–Trinajstić information content (AvgIpc) is 2.59. The molecule has 4 N–H and O–H groups in total. The Morgan fingerprint density at radius 2 is 0.964 bits per heavy atom. The molecule has 0 bridgehead atoms. The lowest BCUT2D eigenvalue weighted by molar-refractivity contribution is 0.482. The molecule has 28 heavy (non-hydrogen) atoms. The van der Waals surface area contributed by atoms with Gasteiger partial charge in [0.15, 0.2) is 0 Å². The zero-order valence-corrected chi connectivity index (χ0v) is 15.9. The summed E-state index contributed by atoms with van der Waals surface area (Å²) in [6.45, 7) is 3.98. The Labute approximate surface area is 164 Å². The Morgan fingerprint density at radius 1 is 0.500 bits per heavy atom. The zero-order valence-electron chi connectivity index (χ0n) is 15.9. The Balaban J connectivity index is 1.63. The molecule has 4 nitrogen and oxygen atoms in total. The number of nitrogens with two attached hydrogens (primary N) is 2. The predicted molar refractivity (Wildman–Crippen MR) is 115 cm³/mol. The van der Waals surface area contributed by atoms with E-state index in [2.05, 4.69) is 0 Å². The van der Waals surface area contributed by atoms with Crippen molar-refractivity contribution in [3.05, 3.63) is 83.9 Å². The minimum Gasteiger partial charge on any atom is -0.457 e. The highest BCUT2D eigenvalue weighted by molar-refractivity contribution is 5.85. The van der Waals surface area contributed by atoms with Crippen LogP contribution < -0.4 is 20.9 Å². The van der Waals surface area contributed by atoms with Crippen LogP contribution in [0.15, 0.2) is 72.8 Å². The summed E-state index contributed by atoms with van der Waals surface area (Å²) in [6.07, 6.45) is 0. The number of rotatable bonds is 4. The second-order valence-electron chi connectivity index (χ2n) is 7.03. The molecular formula is C24H22N2O2. The number of hydrogen-bond donors (Lipinski definition) is 2. The molecular weight excluding hydrogens is 348 g/mol. The van der Waals surface area contributed by atoms with E-state index in [0.717, 1.165) is 44.9 Å². The van der Waals surface area contributed by atoms with Crippen molar-refractivity contribution in [1.82, 2.24) is 0 Å². The van der Waals surface area contributed by atoms with Crippen molar-refractivity contribution in [3.8, 4) is 23.0 Å². The molecule has 0 aliphatic carbocycles. The molecule has 0 saturated carbocycles. The monoisotopic (exact) mass is 370 g/mol. The summed E-state index contributed by atoms with van der Waals surface area (Å²) in [4.78, 5) is 0. The summed E-state index contributed by atoms with van der Waals surface area (Å²) in [7, 11) is 0. The van der Waals surface area contributed by atoms with Gasteiger partial charge in [-0.1, -0.05) is 12.1 Å². The summed E-state index contributed by atoms with van der Waals surface area (Å²) in [5.74, 6) is 2.93. The van der Waals surface area contributed by atoms with Gasteiger partial charge in [-0.25, -0.2) is 0 Å². The van der Waals surface area contributed by atoms with Gasteiger partial charge in [-0.2, -0.15) is 0 Å². The highest BCUT2D eigenvalue weighted by Crippen LogP contribution is 2.31. The van der Waals surface area contributed by atoms with E-state index in [0.29, 0.717) is 11.4 Å². The molecule has 4 rings (SSSR count). The van der Waals surface area contributed by atoms with Crippen molar-refractivity contribution in [2.75, 3.05) is 11.5 Å². The van der Waals surface area contributed by atoms with Crippen LogP contribution >= 0.6 is 0 Å². The van der Waals surface area contributed by atoms with Crippen molar-refractivity contribution in [1.29, 1.82) is 0 Å². The van der Waals surface area contributed by atoms with Crippen LogP contribution in [0, 0.1) is 13.8 Å². The van der Waals surface area contributed by atoms with E-state index < -0.39 is 0 Å². The molecule has 4 heteroatoms. The normalized spacial score (nSPS) is 10.8. The molecule has 0 fully saturated rings. The SMILES string of the molecule is Cc1cc(N)cc(Oc2ccc3ccc(Oc4cc(C)cc(N)c4)cc3c2)c1. The van der Waals surface area contributed by atoms with Crippen molar-refractivity contribution >= 4 is 22.1 Å². The van der Waals surface area contributed by atoms with Gasteiger partial charge in [-0.3, -0.25) is 0 Å². The summed E-state index contributed by atoms with van der Waals surface area (Å²) >= 11 is 0. The molecule has 0 unspecified atom stereocenters. The van der Waals surface area contributed by atoms with Crippen LogP contribution in [-0.4, -0.2) is 0 Å². The van der Waals surface area contributed by atoms with Gasteiger partial charge < -0.3 is 20.9 Å². The molecule has 0 spiro atoms. The third kappa shape index (κ3) is 4.01. The maximum absolute atomic E-state index is 6.00. The Hall–Kier alpha value is -3.66. The molecule has 0 radical (unpaired) electrons. The minimum atomic E-state index is 0.684.